The second-order valence-corrected chi connectivity index (χ2v) is 6.62. The molecule has 0 spiro atoms. The van der Waals surface area contributed by atoms with E-state index in [1.165, 1.54) is 41.5 Å². The number of nitro groups is 1. The van der Waals surface area contributed by atoms with Crippen molar-refractivity contribution in [1.82, 2.24) is 19.3 Å². The third kappa shape index (κ3) is 3.50. The number of rotatable bonds is 5. The van der Waals surface area contributed by atoms with Gasteiger partial charge in [0.1, 0.15) is 11.7 Å². The largest absolute Gasteiger partial charge is 0.292 e. The number of nitrogens with zero attached hydrogens (tertiary/aromatic N) is 5. The van der Waals surface area contributed by atoms with E-state index in [0.29, 0.717) is 16.4 Å². The SMILES string of the molecule is O=C(Cn1cnc2c(cnn2-c2cccc(Cl)c2)c1=O)c1cccc([N+](=O)[O-])c1. The van der Waals surface area contributed by atoms with Crippen LogP contribution in [0.2, 0.25) is 5.02 Å². The van der Waals surface area contributed by atoms with Crippen LogP contribution in [0.3, 0.4) is 0 Å². The molecule has 9 nitrogen and oxygen atoms in total. The van der Waals surface area contributed by atoms with Gasteiger partial charge in [-0.25, -0.2) is 9.67 Å². The van der Waals surface area contributed by atoms with E-state index in [1.807, 2.05) is 0 Å². The van der Waals surface area contributed by atoms with Gasteiger partial charge in [-0.05, 0) is 18.2 Å². The lowest BCUT2D eigenvalue weighted by atomic mass is 10.1. The van der Waals surface area contributed by atoms with E-state index in [0.717, 1.165) is 4.57 Å². The lowest BCUT2D eigenvalue weighted by molar-refractivity contribution is -0.384. The van der Waals surface area contributed by atoms with Gasteiger partial charge in [0.25, 0.3) is 11.2 Å². The zero-order valence-corrected chi connectivity index (χ0v) is 15.5. The summed E-state index contributed by atoms with van der Waals surface area (Å²) in [6.07, 6.45) is 2.63. The van der Waals surface area contributed by atoms with Crippen molar-refractivity contribution in [3.8, 4) is 5.69 Å². The minimum atomic E-state index is -0.583. The van der Waals surface area contributed by atoms with Crippen LogP contribution in [-0.2, 0) is 6.54 Å². The first kappa shape index (κ1) is 18.5. The Labute approximate surface area is 167 Å². The zero-order valence-electron chi connectivity index (χ0n) is 14.7. The van der Waals surface area contributed by atoms with Gasteiger partial charge in [-0.3, -0.25) is 24.3 Å². The third-order valence-electron chi connectivity index (χ3n) is 4.30. The Bertz CT molecular complexity index is 1330. The summed E-state index contributed by atoms with van der Waals surface area (Å²) in [6, 6.07) is 12.3. The number of fused-ring (bicyclic) bond motifs is 1. The number of Topliss-reactive ketones (excluding diaryl/α,β-unsaturated/α-hetero) is 1. The van der Waals surface area contributed by atoms with Crippen LogP contribution in [0.4, 0.5) is 5.69 Å². The molecule has 0 saturated heterocycles. The second-order valence-electron chi connectivity index (χ2n) is 6.18. The highest BCUT2D eigenvalue weighted by atomic mass is 35.5. The Balaban J connectivity index is 1.68. The maximum absolute atomic E-state index is 12.8. The third-order valence-corrected chi connectivity index (χ3v) is 4.54. The van der Waals surface area contributed by atoms with Crippen molar-refractivity contribution in [1.29, 1.82) is 0 Å². The molecule has 0 amide bonds. The zero-order chi connectivity index (χ0) is 20.5. The number of aromatic nitrogens is 4. The van der Waals surface area contributed by atoms with Crippen LogP contribution in [0.25, 0.3) is 16.7 Å². The van der Waals surface area contributed by atoms with Crippen LogP contribution < -0.4 is 5.56 Å². The molecule has 0 aliphatic carbocycles. The highest BCUT2D eigenvalue weighted by molar-refractivity contribution is 6.30. The monoisotopic (exact) mass is 409 g/mol. The van der Waals surface area contributed by atoms with E-state index < -0.39 is 16.3 Å². The van der Waals surface area contributed by atoms with E-state index >= 15 is 0 Å². The molecule has 0 saturated carbocycles. The molecule has 0 atom stereocenters. The van der Waals surface area contributed by atoms with Gasteiger partial charge >= 0.3 is 0 Å². The molecule has 0 radical (unpaired) electrons. The summed E-state index contributed by atoms with van der Waals surface area (Å²) in [6.45, 7) is -0.300. The summed E-state index contributed by atoms with van der Waals surface area (Å²) in [5.41, 5.74) is 0.476. The van der Waals surface area contributed by atoms with Crippen molar-refractivity contribution in [3.63, 3.8) is 0 Å². The number of hydrogen-bond donors (Lipinski definition) is 0. The summed E-state index contributed by atoms with van der Waals surface area (Å²) >= 11 is 6.01. The standard InChI is InChI=1S/C19H12ClN5O4/c20-13-4-2-5-14(8-13)24-18-16(9-22-24)19(27)23(11-21-18)10-17(26)12-3-1-6-15(7-12)25(28)29/h1-9,11H,10H2. The summed E-state index contributed by atoms with van der Waals surface area (Å²) in [5, 5.41) is 15.8. The Morgan fingerprint density at radius 1 is 1.17 bits per heavy atom. The summed E-state index contributed by atoms with van der Waals surface area (Å²) in [4.78, 5) is 39.8. The van der Waals surface area contributed by atoms with Crippen molar-refractivity contribution < 1.29 is 9.72 Å². The predicted molar refractivity (Wildman–Crippen MR) is 106 cm³/mol. The minimum absolute atomic E-state index is 0.140. The smallest absolute Gasteiger partial charge is 0.270 e. The van der Waals surface area contributed by atoms with Crippen LogP contribution in [-0.4, -0.2) is 30.0 Å². The Morgan fingerprint density at radius 2 is 1.97 bits per heavy atom. The molecule has 0 unspecified atom stereocenters. The fourth-order valence-electron chi connectivity index (χ4n) is 2.90. The first-order valence-electron chi connectivity index (χ1n) is 8.41. The molecule has 4 rings (SSSR count). The van der Waals surface area contributed by atoms with E-state index in [-0.39, 0.29) is 23.2 Å². The molecule has 29 heavy (non-hydrogen) atoms. The van der Waals surface area contributed by atoms with E-state index in [9.17, 15) is 19.7 Å². The molecule has 10 heteroatoms. The Kier molecular flexibility index (Phi) is 4.65. The van der Waals surface area contributed by atoms with Crippen LogP contribution in [0, 0.1) is 10.1 Å². The molecular formula is C19H12ClN5O4. The van der Waals surface area contributed by atoms with Crippen molar-refractivity contribution in [2.45, 2.75) is 6.54 Å². The summed E-state index contributed by atoms with van der Waals surface area (Å²) in [5.74, 6) is -0.445. The number of halogens is 1. The van der Waals surface area contributed by atoms with Crippen LogP contribution in [0.1, 0.15) is 10.4 Å². The quantitative estimate of drug-likeness (QED) is 0.284. The van der Waals surface area contributed by atoms with Crippen LogP contribution in [0.5, 0.6) is 0 Å². The van der Waals surface area contributed by atoms with E-state index in [4.69, 9.17) is 11.6 Å². The molecule has 4 aromatic rings. The van der Waals surface area contributed by atoms with E-state index in [2.05, 4.69) is 10.1 Å². The summed E-state index contributed by atoms with van der Waals surface area (Å²) in [7, 11) is 0. The molecule has 0 aliphatic heterocycles. The number of hydrogen-bond acceptors (Lipinski definition) is 6. The van der Waals surface area contributed by atoms with Crippen molar-refractivity contribution >= 4 is 34.1 Å². The molecule has 0 aliphatic rings. The van der Waals surface area contributed by atoms with Gasteiger partial charge in [0.2, 0.25) is 0 Å². The molecule has 0 bridgehead atoms. The molecule has 0 fully saturated rings. The Hall–Kier alpha value is -3.85. The molecular weight excluding hydrogens is 398 g/mol. The number of non-ortho nitro benzene ring substituents is 1. The van der Waals surface area contributed by atoms with Gasteiger partial charge in [0.15, 0.2) is 11.4 Å². The van der Waals surface area contributed by atoms with Gasteiger partial charge in [-0.15, -0.1) is 0 Å². The molecule has 2 aromatic carbocycles. The van der Waals surface area contributed by atoms with Gasteiger partial charge in [-0.1, -0.05) is 29.8 Å². The Morgan fingerprint density at radius 3 is 2.72 bits per heavy atom. The number of benzene rings is 2. The number of carbonyl (C=O) groups is 1. The van der Waals surface area contributed by atoms with Gasteiger partial charge < -0.3 is 0 Å². The first-order chi connectivity index (χ1) is 13.9. The highest BCUT2D eigenvalue weighted by Crippen LogP contribution is 2.18. The van der Waals surface area contributed by atoms with E-state index in [1.54, 1.807) is 24.3 Å². The normalized spacial score (nSPS) is 10.9. The van der Waals surface area contributed by atoms with Gasteiger partial charge in [0, 0.05) is 22.7 Å². The fraction of sp³-hybridized carbons (Fsp3) is 0.0526. The maximum atomic E-state index is 12.8. The van der Waals surface area contributed by atoms with Crippen molar-refractivity contribution in [3.05, 3.63) is 92.1 Å². The fourth-order valence-corrected chi connectivity index (χ4v) is 3.08. The average Bonchev–Trinajstić information content (AvgIpc) is 3.15. The number of carbonyl (C=O) groups excluding carboxylic acids is 1. The topological polar surface area (TPSA) is 113 Å². The summed E-state index contributed by atoms with van der Waals surface area (Å²) < 4.78 is 2.63. The average molecular weight is 410 g/mol. The highest BCUT2D eigenvalue weighted by Gasteiger charge is 2.16. The number of ketones is 1. The van der Waals surface area contributed by atoms with Gasteiger partial charge in [0.05, 0.1) is 23.4 Å². The van der Waals surface area contributed by atoms with Crippen molar-refractivity contribution in [2.24, 2.45) is 0 Å². The molecule has 2 aromatic heterocycles. The lowest BCUT2D eigenvalue weighted by Crippen LogP contribution is -2.24. The minimum Gasteiger partial charge on any atom is -0.292 e. The molecule has 144 valence electrons. The van der Waals surface area contributed by atoms with Crippen molar-refractivity contribution in [2.75, 3.05) is 0 Å². The van der Waals surface area contributed by atoms with Gasteiger partial charge in [-0.2, -0.15) is 5.10 Å². The predicted octanol–water partition coefficient (Wildman–Crippen LogP) is 3.03. The maximum Gasteiger partial charge on any atom is 0.270 e. The molecule has 2 heterocycles. The second kappa shape index (κ2) is 7.28. The molecule has 0 N–H and O–H groups in total. The van der Waals surface area contributed by atoms with Crippen LogP contribution >= 0.6 is 11.6 Å². The first-order valence-corrected chi connectivity index (χ1v) is 8.78. The van der Waals surface area contributed by atoms with Crippen LogP contribution in [0.15, 0.2) is 65.8 Å². The lowest BCUT2D eigenvalue weighted by Gasteiger charge is -2.06. The number of nitro benzene ring substituents is 1.